The summed E-state index contributed by atoms with van der Waals surface area (Å²) in [6.45, 7) is 5.76. The highest BCUT2D eigenvalue weighted by molar-refractivity contribution is 5.54. The first-order chi connectivity index (χ1) is 14.8. The Hall–Kier alpha value is -3.13. The number of rotatable bonds is 9. The Kier molecular flexibility index (Phi) is 6.76. The van der Waals surface area contributed by atoms with E-state index in [0.29, 0.717) is 12.5 Å². The maximum absolute atomic E-state index is 5.84. The number of hydrogen-bond donors (Lipinski definition) is 1. The van der Waals surface area contributed by atoms with Crippen molar-refractivity contribution in [2.24, 2.45) is 0 Å². The van der Waals surface area contributed by atoms with E-state index in [0.717, 1.165) is 68.5 Å². The third kappa shape index (κ3) is 5.07. The highest BCUT2D eigenvalue weighted by atomic mass is 16.5. The Morgan fingerprint density at radius 1 is 1.00 bits per heavy atom. The van der Waals surface area contributed by atoms with Gasteiger partial charge < -0.3 is 14.4 Å². The van der Waals surface area contributed by atoms with Gasteiger partial charge in [0.1, 0.15) is 0 Å². The summed E-state index contributed by atoms with van der Waals surface area (Å²) in [5.74, 6) is 2.44. The van der Waals surface area contributed by atoms with E-state index in [4.69, 9.17) is 9.47 Å². The molecule has 1 aliphatic heterocycles. The average Bonchev–Trinajstić information content (AvgIpc) is 3.35. The topological polar surface area (TPSA) is 79.4 Å². The molecular weight excluding hydrogens is 380 g/mol. The summed E-state index contributed by atoms with van der Waals surface area (Å²) in [4.78, 5) is 13.8. The van der Waals surface area contributed by atoms with Crippen molar-refractivity contribution in [2.75, 3.05) is 51.3 Å². The molecule has 158 valence electrons. The number of pyridine rings is 2. The SMILES string of the molecule is COc1cccnc1N1CCN(CCCCOc2cccc(-c3ccn[nH]3)n2)CC1. The lowest BCUT2D eigenvalue weighted by Gasteiger charge is -2.35. The van der Waals surface area contributed by atoms with E-state index in [1.165, 1.54) is 0 Å². The molecule has 1 N–H and O–H groups in total. The van der Waals surface area contributed by atoms with Crippen molar-refractivity contribution in [2.45, 2.75) is 12.8 Å². The third-order valence-corrected chi connectivity index (χ3v) is 5.26. The van der Waals surface area contributed by atoms with Gasteiger partial charge in [-0.1, -0.05) is 6.07 Å². The molecule has 0 radical (unpaired) electrons. The van der Waals surface area contributed by atoms with Gasteiger partial charge in [-0.05, 0) is 43.7 Å². The number of piperazine rings is 1. The summed E-state index contributed by atoms with van der Waals surface area (Å²) in [6, 6.07) is 11.6. The second kappa shape index (κ2) is 10.1. The van der Waals surface area contributed by atoms with Gasteiger partial charge in [-0.2, -0.15) is 5.10 Å². The van der Waals surface area contributed by atoms with Gasteiger partial charge in [-0.25, -0.2) is 9.97 Å². The van der Waals surface area contributed by atoms with Crippen LogP contribution in [0.3, 0.4) is 0 Å². The lowest BCUT2D eigenvalue weighted by atomic mass is 10.2. The Morgan fingerprint density at radius 2 is 1.90 bits per heavy atom. The number of anilines is 1. The molecule has 1 aliphatic rings. The summed E-state index contributed by atoms with van der Waals surface area (Å²) < 4.78 is 11.3. The largest absolute Gasteiger partial charge is 0.493 e. The first kappa shape index (κ1) is 20.2. The van der Waals surface area contributed by atoms with Crippen LogP contribution >= 0.6 is 0 Å². The minimum atomic E-state index is 0.653. The molecule has 4 rings (SSSR count). The van der Waals surface area contributed by atoms with Crippen molar-refractivity contribution in [1.82, 2.24) is 25.1 Å². The number of aromatic amines is 1. The number of methoxy groups -OCH3 is 1. The van der Waals surface area contributed by atoms with Gasteiger partial charge in [0.25, 0.3) is 0 Å². The van der Waals surface area contributed by atoms with E-state index in [2.05, 4.69) is 30.0 Å². The van der Waals surface area contributed by atoms with Crippen LogP contribution in [0.25, 0.3) is 11.4 Å². The van der Waals surface area contributed by atoms with Crippen molar-refractivity contribution >= 4 is 5.82 Å². The van der Waals surface area contributed by atoms with Crippen LogP contribution < -0.4 is 14.4 Å². The zero-order valence-corrected chi connectivity index (χ0v) is 17.3. The molecule has 1 fully saturated rings. The monoisotopic (exact) mass is 408 g/mol. The van der Waals surface area contributed by atoms with Crippen molar-refractivity contribution in [1.29, 1.82) is 0 Å². The van der Waals surface area contributed by atoms with Crippen molar-refractivity contribution in [3.8, 4) is 23.0 Å². The highest BCUT2D eigenvalue weighted by Crippen LogP contribution is 2.25. The van der Waals surface area contributed by atoms with E-state index in [-0.39, 0.29) is 0 Å². The van der Waals surface area contributed by atoms with E-state index in [1.54, 1.807) is 13.3 Å². The third-order valence-electron chi connectivity index (χ3n) is 5.26. The van der Waals surface area contributed by atoms with Crippen LogP contribution in [-0.4, -0.2) is 71.5 Å². The number of unbranched alkanes of at least 4 members (excludes halogenated alkanes) is 1. The van der Waals surface area contributed by atoms with Crippen LogP contribution in [0.2, 0.25) is 0 Å². The Balaban J connectivity index is 1.16. The number of ether oxygens (including phenoxy) is 2. The van der Waals surface area contributed by atoms with Crippen LogP contribution in [-0.2, 0) is 0 Å². The fourth-order valence-corrected chi connectivity index (χ4v) is 3.62. The molecular formula is C22H28N6O2. The van der Waals surface area contributed by atoms with Gasteiger partial charge in [-0.3, -0.25) is 10.00 Å². The minimum Gasteiger partial charge on any atom is -0.493 e. The lowest BCUT2D eigenvalue weighted by Crippen LogP contribution is -2.47. The molecule has 1 saturated heterocycles. The Morgan fingerprint density at radius 3 is 2.70 bits per heavy atom. The number of nitrogens with zero attached hydrogens (tertiary/aromatic N) is 5. The number of nitrogens with one attached hydrogen (secondary N) is 1. The Bertz CT molecular complexity index is 910. The average molecular weight is 409 g/mol. The normalized spacial score (nSPS) is 14.6. The zero-order valence-electron chi connectivity index (χ0n) is 17.3. The number of aromatic nitrogens is 4. The maximum atomic E-state index is 5.84. The predicted octanol–water partition coefficient (Wildman–Crippen LogP) is 2.86. The van der Waals surface area contributed by atoms with Gasteiger partial charge >= 0.3 is 0 Å². The molecule has 0 spiro atoms. The highest BCUT2D eigenvalue weighted by Gasteiger charge is 2.20. The standard InChI is InChI=1S/C22H28N6O2/c1-29-20-7-5-10-23-22(20)28-15-13-27(14-16-28)12-2-3-17-30-21-8-4-6-18(25-21)19-9-11-24-26-19/h4-11H,2-3,12-17H2,1H3,(H,24,26). The van der Waals surface area contributed by atoms with E-state index < -0.39 is 0 Å². The quantitative estimate of drug-likeness (QED) is 0.545. The second-order valence-electron chi connectivity index (χ2n) is 7.24. The number of hydrogen-bond acceptors (Lipinski definition) is 7. The molecule has 8 heteroatoms. The van der Waals surface area contributed by atoms with Gasteiger partial charge in [0.2, 0.25) is 5.88 Å². The van der Waals surface area contributed by atoms with E-state index >= 15 is 0 Å². The molecule has 0 aromatic carbocycles. The zero-order chi connectivity index (χ0) is 20.6. The van der Waals surface area contributed by atoms with Gasteiger partial charge in [0.15, 0.2) is 11.6 Å². The molecule has 0 saturated carbocycles. The van der Waals surface area contributed by atoms with Gasteiger partial charge in [0, 0.05) is 44.6 Å². The molecule has 4 heterocycles. The molecule has 0 aliphatic carbocycles. The fraction of sp³-hybridized carbons (Fsp3) is 0.409. The molecule has 8 nitrogen and oxygen atoms in total. The van der Waals surface area contributed by atoms with E-state index in [9.17, 15) is 0 Å². The van der Waals surface area contributed by atoms with Crippen LogP contribution in [0.1, 0.15) is 12.8 Å². The predicted molar refractivity (Wildman–Crippen MR) is 116 cm³/mol. The van der Waals surface area contributed by atoms with Gasteiger partial charge in [0.05, 0.1) is 25.1 Å². The van der Waals surface area contributed by atoms with Crippen LogP contribution in [0, 0.1) is 0 Å². The molecule has 0 unspecified atom stereocenters. The summed E-state index contributed by atoms with van der Waals surface area (Å²) >= 11 is 0. The molecule has 3 aromatic heterocycles. The molecule has 30 heavy (non-hydrogen) atoms. The molecule has 3 aromatic rings. The van der Waals surface area contributed by atoms with Crippen molar-refractivity contribution < 1.29 is 9.47 Å². The lowest BCUT2D eigenvalue weighted by molar-refractivity contribution is 0.236. The molecule has 0 amide bonds. The second-order valence-corrected chi connectivity index (χ2v) is 7.24. The minimum absolute atomic E-state index is 0.653. The molecule has 0 bridgehead atoms. The Labute approximate surface area is 176 Å². The smallest absolute Gasteiger partial charge is 0.213 e. The van der Waals surface area contributed by atoms with Crippen molar-refractivity contribution in [3.05, 3.63) is 48.8 Å². The summed E-state index contributed by atoms with van der Waals surface area (Å²) in [5.41, 5.74) is 1.73. The van der Waals surface area contributed by atoms with Crippen molar-refractivity contribution in [3.63, 3.8) is 0 Å². The van der Waals surface area contributed by atoms with Crippen LogP contribution in [0.15, 0.2) is 48.8 Å². The van der Waals surface area contributed by atoms with Gasteiger partial charge in [-0.15, -0.1) is 0 Å². The van der Waals surface area contributed by atoms with Crippen LogP contribution in [0.4, 0.5) is 5.82 Å². The number of H-pyrrole nitrogens is 1. The first-order valence-corrected chi connectivity index (χ1v) is 10.4. The van der Waals surface area contributed by atoms with Crippen LogP contribution in [0.5, 0.6) is 11.6 Å². The molecule has 0 atom stereocenters. The first-order valence-electron chi connectivity index (χ1n) is 10.4. The fourth-order valence-electron chi connectivity index (χ4n) is 3.62. The van der Waals surface area contributed by atoms with E-state index in [1.807, 2.05) is 42.6 Å². The summed E-state index contributed by atoms with van der Waals surface area (Å²) in [7, 11) is 1.70. The summed E-state index contributed by atoms with van der Waals surface area (Å²) in [5, 5.41) is 6.89. The maximum Gasteiger partial charge on any atom is 0.213 e. The summed E-state index contributed by atoms with van der Waals surface area (Å²) in [6.07, 6.45) is 5.65.